The summed E-state index contributed by atoms with van der Waals surface area (Å²) in [5, 5.41) is 8.54. The molecule has 0 spiro atoms. The van der Waals surface area contributed by atoms with Gasteiger partial charge in [-0.25, -0.2) is 15.3 Å². The number of thiophene rings is 1. The zero-order chi connectivity index (χ0) is 19.6. The Morgan fingerprint density at radius 2 is 2.29 bits per heavy atom. The van der Waals surface area contributed by atoms with Gasteiger partial charge in [0.2, 0.25) is 5.91 Å². The fourth-order valence-electron chi connectivity index (χ4n) is 3.44. The Morgan fingerprint density at radius 1 is 1.39 bits per heavy atom. The van der Waals surface area contributed by atoms with Gasteiger partial charge in [-0.05, 0) is 36.3 Å². The zero-order valence-corrected chi connectivity index (χ0v) is 16.6. The van der Waals surface area contributed by atoms with E-state index in [1.54, 1.807) is 6.20 Å². The molecule has 28 heavy (non-hydrogen) atoms. The number of carbonyl (C=O) groups excluding carboxylic acids is 1. The van der Waals surface area contributed by atoms with Gasteiger partial charge < -0.3 is 11.1 Å². The van der Waals surface area contributed by atoms with Gasteiger partial charge in [0.25, 0.3) is 0 Å². The summed E-state index contributed by atoms with van der Waals surface area (Å²) in [6.45, 7) is 0.961. The van der Waals surface area contributed by atoms with E-state index in [-0.39, 0.29) is 5.91 Å². The number of amides is 1. The third-order valence-electron chi connectivity index (χ3n) is 4.95. The van der Waals surface area contributed by atoms with E-state index in [1.807, 2.05) is 42.5 Å². The molecular weight excluding hydrogens is 394 g/mol. The molecule has 6 nitrogen and oxygen atoms in total. The van der Waals surface area contributed by atoms with Crippen molar-refractivity contribution in [3.8, 4) is 0 Å². The number of hydrogen-bond acceptors (Lipinski definition) is 5. The van der Waals surface area contributed by atoms with Gasteiger partial charge in [0.15, 0.2) is 0 Å². The van der Waals surface area contributed by atoms with Crippen molar-refractivity contribution in [3.63, 3.8) is 0 Å². The summed E-state index contributed by atoms with van der Waals surface area (Å²) >= 11 is 7.45. The first-order valence-corrected chi connectivity index (χ1v) is 10.1. The number of nitrogens with zero attached hydrogens (tertiary/aromatic N) is 3. The molecule has 1 unspecified atom stereocenters. The van der Waals surface area contributed by atoms with E-state index in [0.29, 0.717) is 19.5 Å². The van der Waals surface area contributed by atoms with Crippen LogP contribution in [0.3, 0.4) is 0 Å². The fourth-order valence-corrected chi connectivity index (χ4v) is 4.43. The van der Waals surface area contributed by atoms with Crippen molar-refractivity contribution >= 4 is 45.8 Å². The molecule has 1 aliphatic rings. The third-order valence-corrected chi connectivity index (χ3v) is 6.14. The smallest absolute Gasteiger partial charge is 0.243 e. The summed E-state index contributed by atoms with van der Waals surface area (Å²) in [6, 6.07) is 9.00. The molecule has 1 fully saturated rings. The molecule has 3 aromatic rings. The molecule has 3 N–H and O–H groups in total. The summed E-state index contributed by atoms with van der Waals surface area (Å²) in [4.78, 5) is 22.0. The molecule has 1 radical (unpaired) electrons. The van der Waals surface area contributed by atoms with Crippen molar-refractivity contribution in [2.24, 2.45) is 5.73 Å². The van der Waals surface area contributed by atoms with Crippen molar-refractivity contribution in [1.29, 1.82) is 0 Å². The molecule has 1 amide bonds. The number of halogens is 1. The molecule has 2 atom stereocenters. The summed E-state index contributed by atoms with van der Waals surface area (Å²) < 4.78 is 0.741. The maximum atomic E-state index is 12.7. The lowest BCUT2D eigenvalue weighted by molar-refractivity contribution is -0.125. The number of aromatic nitrogens is 2. The third kappa shape index (κ3) is 3.66. The van der Waals surface area contributed by atoms with Gasteiger partial charge in [0.05, 0.1) is 15.9 Å². The summed E-state index contributed by atoms with van der Waals surface area (Å²) in [5.41, 5.74) is 7.22. The van der Waals surface area contributed by atoms with E-state index in [4.69, 9.17) is 22.7 Å². The topological polar surface area (TPSA) is 95.0 Å². The highest BCUT2D eigenvalue weighted by atomic mass is 35.5. The van der Waals surface area contributed by atoms with Crippen LogP contribution in [0.2, 0.25) is 4.34 Å². The van der Waals surface area contributed by atoms with Crippen LogP contribution >= 0.6 is 22.9 Å². The van der Waals surface area contributed by atoms with Gasteiger partial charge in [-0.2, -0.15) is 0 Å². The van der Waals surface area contributed by atoms with Crippen LogP contribution in [0.1, 0.15) is 22.9 Å². The predicted molar refractivity (Wildman–Crippen MR) is 112 cm³/mol. The van der Waals surface area contributed by atoms with Gasteiger partial charge >= 0.3 is 0 Å². The SMILES string of the molecule is NC(c1ccc2cncnc2c1)[C@@]1([N]CC=Cc2ccc(Cl)s2)CCNC1=O. The molecule has 143 valence electrons. The normalized spacial score (nSPS) is 20.7. The molecule has 4 rings (SSSR count). The summed E-state index contributed by atoms with van der Waals surface area (Å²) in [5.74, 6) is -0.129. The van der Waals surface area contributed by atoms with Gasteiger partial charge in [0, 0.05) is 29.5 Å². The van der Waals surface area contributed by atoms with E-state index >= 15 is 0 Å². The fraction of sp³-hybridized carbons (Fsp3) is 0.250. The predicted octanol–water partition coefficient (Wildman–Crippen LogP) is 2.92. The average molecular weight is 413 g/mol. The van der Waals surface area contributed by atoms with Gasteiger partial charge in [0.1, 0.15) is 11.9 Å². The lowest BCUT2D eigenvalue weighted by atomic mass is 9.84. The molecule has 0 aliphatic carbocycles. The second-order valence-electron chi connectivity index (χ2n) is 6.63. The zero-order valence-electron chi connectivity index (χ0n) is 15.0. The number of carbonyl (C=O) groups is 1. The minimum atomic E-state index is -0.988. The average Bonchev–Trinajstić information content (AvgIpc) is 3.30. The summed E-state index contributed by atoms with van der Waals surface area (Å²) in [7, 11) is 0. The van der Waals surface area contributed by atoms with Crippen molar-refractivity contribution in [2.45, 2.75) is 18.0 Å². The van der Waals surface area contributed by atoms with E-state index in [0.717, 1.165) is 25.7 Å². The van der Waals surface area contributed by atoms with Crippen LogP contribution in [0, 0.1) is 0 Å². The highest BCUT2D eigenvalue weighted by Gasteiger charge is 2.48. The van der Waals surface area contributed by atoms with Crippen LogP contribution in [-0.2, 0) is 4.79 Å². The van der Waals surface area contributed by atoms with Crippen LogP contribution in [0.5, 0.6) is 0 Å². The van der Waals surface area contributed by atoms with Crippen LogP contribution in [0.4, 0.5) is 0 Å². The monoisotopic (exact) mass is 412 g/mol. The molecule has 0 bridgehead atoms. The van der Waals surface area contributed by atoms with Crippen LogP contribution in [-0.4, -0.2) is 34.5 Å². The Labute approximate surface area is 171 Å². The number of fused-ring (bicyclic) bond motifs is 1. The lowest BCUT2D eigenvalue weighted by Crippen LogP contribution is -2.54. The molecule has 3 heterocycles. The molecule has 2 aromatic heterocycles. The molecule has 1 aromatic carbocycles. The molecule has 1 saturated heterocycles. The Hall–Kier alpha value is -2.32. The first kappa shape index (κ1) is 19.0. The van der Waals surface area contributed by atoms with Crippen molar-refractivity contribution in [1.82, 2.24) is 20.6 Å². The van der Waals surface area contributed by atoms with E-state index in [2.05, 4.69) is 15.3 Å². The van der Waals surface area contributed by atoms with Crippen molar-refractivity contribution < 1.29 is 4.79 Å². The van der Waals surface area contributed by atoms with Crippen LogP contribution in [0.25, 0.3) is 17.0 Å². The Bertz CT molecular complexity index is 1040. The van der Waals surface area contributed by atoms with E-state index in [9.17, 15) is 4.79 Å². The van der Waals surface area contributed by atoms with Gasteiger partial charge in [-0.15, -0.1) is 11.3 Å². The second kappa shape index (κ2) is 7.97. The Kier molecular flexibility index (Phi) is 5.41. The van der Waals surface area contributed by atoms with Gasteiger partial charge in [-0.3, -0.25) is 4.79 Å². The van der Waals surface area contributed by atoms with E-state index < -0.39 is 11.6 Å². The molecule has 8 heteroatoms. The standard InChI is InChI=1S/C20H19ClN5OS/c21-17-6-5-15(28-17)2-1-8-26-20(7-9-24-19(20)27)18(22)13-3-4-14-11-23-12-25-16(14)10-13/h1-6,10-12,18H,7-9,22H2,(H,24,27)/t18?,20-/m0/s1. The lowest BCUT2D eigenvalue weighted by Gasteiger charge is -2.32. The first-order valence-electron chi connectivity index (χ1n) is 8.92. The molecule has 0 saturated carbocycles. The highest BCUT2D eigenvalue weighted by Crippen LogP contribution is 2.32. The number of hydrogen-bond donors (Lipinski definition) is 2. The molecular formula is C20H19ClN5OS. The maximum absolute atomic E-state index is 12.7. The Morgan fingerprint density at radius 3 is 3.04 bits per heavy atom. The van der Waals surface area contributed by atoms with Gasteiger partial charge in [-0.1, -0.05) is 29.8 Å². The number of rotatable bonds is 6. The highest BCUT2D eigenvalue weighted by molar-refractivity contribution is 7.16. The van der Waals surface area contributed by atoms with Crippen LogP contribution < -0.4 is 16.4 Å². The van der Waals surface area contributed by atoms with Crippen molar-refractivity contribution in [2.75, 3.05) is 13.1 Å². The summed E-state index contributed by atoms with van der Waals surface area (Å²) in [6.07, 6.45) is 7.70. The van der Waals surface area contributed by atoms with Crippen molar-refractivity contribution in [3.05, 3.63) is 63.7 Å². The maximum Gasteiger partial charge on any atom is 0.243 e. The minimum Gasteiger partial charge on any atom is -0.354 e. The quantitative estimate of drug-likeness (QED) is 0.650. The Balaban J connectivity index is 1.55. The van der Waals surface area contributed by atoms with Crippen LogP contribution in [0.15, 0.2) is 48.9 Å². The number of nitrogens with one attached hydrogen (secondary N) is 1. The minimum absolute atomic E-state index is 0.129. The molecule has 1 aliphatic heterocycles. The largest absolute Gasteiger partial charge is 0.354 e. The van der Waals surface area contributed by atoms with E-state index in [1.165, 1.54) is 17.7 Å². The second-order valence-corrected chi connectivity index (χ2v) is 8.38. The first-order chi connectivity index (χ1) is 13.6. The number of benzene rings is 1. The number of nitrogens with two attached hydrogens (primary N) is 1.